The zero-order chi connectivity index (χ0) is 27.5. The van der Waals surface area contributed by atoms with Gasteiger partial charge >= 0.3 is 0 Å². The molecule has 3 N–H and O–H groups in total. The summed E-state index contributed by atoms with van der Waals surface area (Å²) in [7, 11) is 0. The summed E-state index contributed by atoms with van der Waals surface area (Å²) in [6.45, 7) is 4.01. The number of halogens is 1. The Labute approximate surface area is 238 Å². The lowest BCUT2D eigenvalue weighted by Gasteiger charge is -2.45. The number of hydrogen-bond donors (Lipinski definition) is 2. The molecule has 0 saturated heterocycles. The average Bonchev–Trinajstić information content (AvgIpc) is 3.46. The van der Waals surface area contributed by atoms with Crippen LogP contribution in [0.1, 0.15) is 37.8 Å². The number of carbonyl (C=O) groups is 2. The molecule has 0 fully saturated rings. The highest BCUT2D eigenvalue weighted by molar-refractivity contribution is 8.00. The van der Waals surface area contributed by atoms with Crippen molar-refractivity contribution < 1.29 is 9.59 Å². The third-order valence-electron chi connectivity index (χ3n) is 7.30. The van der Waals surface area contributed by atoms with Crippen LogP contribution in [0.2, 0.25) is 5.02 Å². The van der Waals surface area contributed by atoms with Gasteiger partial charge in [-0.1, -0.05) is 84.9 Å². The Kier molecular flexibility index (Phi) is 6.06. The van der Waals surface area contributed by atoms with Gasteiger partial charge in [0.2, 0.25) is 11.0 Å². The van der Waals surface area contributed by atoms with Gasteiger partial charge in [-0.3, -0.25) is 14.5 Å². The molecule has 2 aliphatic heterocycles. The smallest absolute Gasteiger partial charge is 0.245 e. The number of nitriles is 1. The lowest BCUT2D eigenvalue weighted by molar-refractivity contribution is -0.123. The number of nitrogens with one attached hydrogen (secondary N) is 1. The maximum atomic E-state index is 13.9. The Morgan fingerprint density at radius 2 is 1.90 bits per heavy atom. The average molecular weight is 575 g/mol. The molecule has 11 heteroatoms. The number of ketones is 1. The van der Waals surface area contributed by atoms with E-state index in [0.717, 1.165) is 5.56 Å². The molecule has 0 radical (unpaired) electrons. The molecule has 6 rings (SSSR count). The van der Waals surface area contributed by atoms with Crippen molar-refractivity contribution in [1.82, 2.24) is 10.2 Å². The molecule has 1 aliphatic carbocycles. The second-order valence-electron chi connectivity index (χ2n) is 10.5. The highest BCUT2D eigenvalue weighted by atomic mass is 35.5. The summed E-state index contributed by atoms with van der Waals surface area (Å²) in [6, 6.07) is 16.9. The molecule has 3 heterocycles. The largest absolute Gasteiger partial charge is 0.384 e. The van der Waals surface area contributed by atoms with Crippen LogP contribution in [0.15, 0.2) is 75.5 Å². The molecule has 3 aliphatic rings. The van der Waals surface area contributed by atoms with Gasteiger partial charge in [-0.25, -0.2) is 0 Å². The Morgan fingerprint density at radius 3 is 2.67 bits per heavy atom. The van der Waals surface area contributed by atoms with Gasteiger partial charge in [-0.05, 0) is 29.5 Å². The Balaban J connectivity index is 1.50. The molecule has 0 saturated carbocycles. The van der Waals surface area contributed by atoms with E-state index < -0.39 is 11.3 Å². The van der Waals surface area contributed by atoms with E-state index in [4.69, 9.17) is 17.3 Å². The number of allylic oxidation sites excluding steroid dienone is 1. The van der Waals surface area contributed by atoms with Gasteiger partial charge in [0.1, 0.15) is 17.3 Å². The molecule has 1 aromatic heterocycles. The van der Waals surface area contributed by atoms with Crippen LogP contribution in [0.4, 0.5) is 10.8 Å². The Bertz CT molecular complexity index is 1670. The maximum Gasteiger partial charge on any atom is 0.245 e. The Morgan fingerprint density at radius 1 is 1.15 bits per heavy atom. The van der Waals surface area contributed by atoms with Crippen LogP contribution in [0.5, 0.6) is 0 Å². The number of nitrogens with two attached hydrogens (primary N) is 1. The van der Waals surface area contributed by atoms with Gasteiger partial charge in [-0.2, -0.15) is 5.26 Å². The number of fused-ring (bicyclic) bond motifs is 3. The van der Waals surface area contributed by atoms with Crippen molar-refractivity contribution in [2.45, 2.75) is 42.2 Å². The molecular weight excluding hydrogens is 552 g/mol. The molecule has 1 spiro atoms. The van der Waals surface area contributed by atoms with Crippen LogP contribution in [0, 0.1) is 16.7 Å². The summed E-state index contributed by atoms with van der Waals surface area (Å²) in [5.41, 5.74) is 7.73. The van der Waals surface area contributed by atoms with E-state index in [0.29, 0.717) is 43.6 Å². The van der Waals surface area contributed by atoms with Crippen molar-refractivity contribution in [1.29, 1.82) is 5.26 Å². The number of carbonyl (C=O) groups excluding carboxylic acids is 2. The summed E-state index contributed by atoms with van der Waals surface area (Å²) >= 11 is 9.11. The molecule has 1 atom stereocenters. The zero-order valence-electron chi connectivity index (χ0n) is 21.1. The quantitative estimate of drug-likeness (QED) is 0.390. The van der Waals surface area contributed by atoms with Gasteiger partial charge in [0.15, 0.2) is 10.1 Å². The van der Waals surface area contributed by atoms with Crippen LogP contribution in [-0.2, 0) is 20.8 Å². The predicted octanol–water partition coefficient (Wildman–Crippen LogP) is 5.53. The van der Waals surface area contributed by atoms with Gasteiger partial charge in [0, 0.05) is 39.7 Å². The third-order valence-corrected chi connectivity index (χ3v) is 9.76. The van der Waals surface area contributed by atoms with Crippen LogP contribution in [-0.4, -0.2) is 21.9 Å². The number of Topliss-reactive ketones (excluding diaryl/α,β-unsaturated/α-hetero) is 1. The number of rotatable bonds is 4. The van der Waals surface area contributed by atoms with E-state index in [-0.39, 0.29) is 34.6 Å². The lowest BCUT2D eigenvalue weighted by atomic mass is 9.61. The number of anilines is 2. The van der Waals surface area contributed by atoms with Crippen molar-refractivity contribution in [3.63, 3.8) is 0 Å². The molecule has 8 nitrogen and oxygen atoms in total. The fourth-order valence-corrected chi connectivity index (χ4v) is 7.86. The lowest BCUT2D eigenvalue weighted by Crippen LogP contribution is -2.52. The van der Waals surface area contributed by atoms with E-state index in [1.165, 1.54) is 23.1 Å². The predicted molar refractivity (Wildman–Crippen MR) is 152 cm³/mol. The first-order valence-electron chi connectivity index (χ1n) is 12.3. The molecular formula is C28H23ClN6O2S2. The summed E-state index contributed by atoms with van der Waals surface area (Å²) < 4.78 is 0.684. The SMILES string of the molecule is CC1(C)CC(=O)C2=C(C1)N(c1nnc(SCc3ccccc3Cl)s1)C(N)=C(C#N)C21C(=O)Nc2ccccc21. The number of amides is 1. The number of aromatic nitrogens is 2. The number of thioether (sulfide) groups is 1. The second kappa shape index (κ2) is 9.23. The van der Waals surface area contributed by atoms with Crippen LogP contribution in [0.3, 0.4) is 0 Å². The van der Waals surface area contributed by atoms with Crippen molar-refractivity contribution >= 4 is 57.2 Å². The number of hydrogen-bond acceptors (Lipinski definition) is 9. The fourth-order valence-electron chi connectivity index (χ4n) is 5.70. The van der Waals surface area contributed by atoms with Crippen molar-refractivity contribution in [2.24, 2.45) is 11.1 Å². The molecule has 39 heavy (non-hydrogen) atoms. The standard InChI is InChI=1S/C28H23ClN6O2S2/c1-27(2)11-20-22(21(36)12-27)28(16-8-4-6-10-19(16)32-24(28)37)17(13-30)23(31)35(20)25-33-34-26(39-25)38-14-15-7-3-5-9-18(15)29/h3-10H,11-12,14,31H2,1-2H3,(H,32,37). The number of para-hydroxylation sites is 1. The minimum atomic E-state index is -1.61. The van der Waals surface area contributed by atoms with Crippen LogP contribution in [0.25, 0.3) is 0 Å². The van der Waals surface area contributed by atoms with Gasteiger partial charge in [0.25, 0.3) is 0 Å². The maximum absolute atomic E-state index is 13.9. The summed E-state index contributed by atoms with van der Waals surface area (Å²) in [5, 5.41) is 23.2. The normalized spacial score (nSPS) is 21.6. The van der Waals surface area contributed by atoms with Gasteiger partial charge in [0.05, 0.1) is 5.57 Å². The van der Waals surface area contributed by atoms with Crippen molar-refractivity contribution in [3.05, 3.63) is 87.3 Å². The third kappa shape index (κ3) is 3.87. The summed E-state index contributed by atoms with van der Waals surface area (Å²) in [6.07, 6.45) is 0.705. The molecule has 1 amide bonds. The fraction of sp³-hybridized carbons (Fsp3) is 0.250. The molecule has 3 aromatic rings. The van der Waals surface area contributed by atoms with E-state index in [1.807, 2.05) is 38.1 Å². The number of nitrogens with zero attached hydrogens (tertiary/aromatic N) is 4. The summed E-state index contributed by atoms with van der Waals surface area (Å²) in [4.78, 5) is 29.4. The van der Waals surface area contributed by atoms with E-state index >= 15 is 0 Å². The highest BCUT2D eigenvalue weighted by Gasteiger charge is 2.61. The van der Waals surface area contributed by atoms with Gasteiger partial charge < -0.3 is 11.1 Å². The Hall–Kier alpha value is -3.65. The molecule has 1 unspecified atom stereocenters. The zero-order valence-corrected chi connectivity index (χ0v) is 23.5. The monoisotopic (exact) mass is 574 g/mol. The van der Waals surface area contributed by atoms with Crippen LogP contribution < -0.4 is 16.0 Å². The first-order chi connectivity index (χ1) is 18.7. The topological polar surface area (TPSA) is 125 Å². The second-order valence-corrected chi connectivity index (χ2v) is 13.0. The molecule has 196 valence electrons. The van der Waals surface area contributed by atoms with Crippen LogP contribution >= 0.6 is 34.7 Å². The first kappa shape index (κ1) is 25.6. The molecule has 0 bridgehead atoms. The first-order valence-corrected chi connectivity index (χ1v) is 14.4. The minimum absolute atomic E-state index is 0.0113. The van der Waals surface area contributed by atoms with E-state index in [1.54, 1.807) is 29.2 Å². The molecule has 2 aromatic carbocycles. The van der Waals surface area contributed by atoms with Gasteiger partial charge in [-0.15, -0.1) is 10.2 Å². The summed E-state index contributed by atoms with van der Waals surface area (Å²) in [5.74, 6) is 0.0445. The van der Waals surface area contributed by atoms with E-state index in [9.17, 15) is 14.9 Å². The minimum Gasteiger partial charge on any atom is -0.384 e. The van der Waals surface area contributed by atoms with E-state index in [2.05, 4.69) is 21.6 Å². The highest BCUT2D eigenvalue weighted by Crippen LogP contribution is 2.57. The van der Waals surface area contributed by atoms with Crippen molar-refractivity contribution in [3.8, 4) is 6.07 Å². The van der Waals surface area contributed by atoms with Crippen molar-refractivity contribution in [2.75, 3.05) is 10.2 Å². The number of benzene rings is 2.